The summed E-state index contributed by atoms with van der Waals surface area (Å²) in [6.07, 6.45) is -0.979. The second-order valence-electron chi connectivity index (χ2n) is 6.65. The largest absolute Gasteiger partial charge is 0.443 e. The summed E-state index contributed by atoms with van der Waals surface area (Å²) in [4.78, 5) is 29.7. The van der Waals surface area contributed by atoms with Crippen LogP contribution in [-0.2, 0) is 9.53 Å². The Morgan fingerprint density at radius 2 is 1.73 bits per heavy atom. The molecule has 1 amide bonds. The predicted molar refractivity (Wildman–Crippen MR) is 101 cm³/mol. The molecule has 1 heterocycles. The van der Waals surface area contributed by atoms with Crippen molar-refractivity contribution in [1.82, 2.24) is 9.88 Å². The van der Waals surface area contributed by atoms with Gasteiger partial charge in [-0.2, -0.15) is 0 Å². The number of carbonyl (C=O) groups excluding carboxylic acids is 2. The number of carbonyl (C=O) groups is 2. The second kappa shape index (κ2) is 7.04. The normalized spacial score (nSPS) is 12.0. The van der Waals surface area contributed by atoms with Gasteiger partial charge in [-0.1, -0.05) is 36.4 Å². The van der Waals surface area contributed by atoms with Crippen LogP contribution in [0.2, 0.25) is 0 Å². The van der Waals surface area contributed by atoms with E-state index >= 15 is 0 Å². The molecule has 1 unspecified atom stereocenters. The summed E-state index contributed by atoms with van der Waals surface area (Å²) in [5.41, 5.74) is 4.05. The number of hydrogen-bond acceptors (Lipinski definition) is 3. The van der Waals surface area contributed by atoms with Gasteiger partial charge < -0.3 is 14.6 Å². The quantitative estimate of drug-likeness (QED) is 0.729. The van der Waals surface area contributed by atoms with Crippen LogP contribution in [0.15, 0.2) is 48.5 Å². The van der Waals surface area contributed by atoms with E-state index in [1.165, 1.54) is 4.90 Å². The van der Waals surface area contributed by atoms with Crippen molar-refractivity contribution >= 4 is 22.8 Å². The Balaban J connectivity index is 1.93. The number of aryl methyl sites for hydroxylation is 2. The van der Waals surface area contributed by atoms with E-state index in [-0.39, 0.29) is 5.91 Å². The topological polar surface area (TPSA) is 62.4 Å². The molecule has 0 aliphatic carbocycles. The summed E-state index contributed by atoms with van der Waals surface area (Å²) in [5, 5.41) is 0.970. The first kappa shape index (κ1) is 17.7. The Morgan fingerprint density at radius 3 is 2.38 bits per heavy atom. The minimum atomic E-state index is -0.979. The maximum absolute atomic E-state index is 12.7. The molecule has 134 valence electrons. The number of fused-ring (bicyclic) bond motifs is 1. The molecule has 26 heavy (non-hydrogen) atoms. The molecule has 1 aromatic heterocycles. The second-order valence-corrected chi connectivity index (χ2v) is 6.65. The van der Waals surface area contributed by atoms with E-state index < -0.39 is 12.1 Å². The summed E-state index contributed by atoms with van der Waals surface area (Å²) in [5.74, 6) is -0.838. The van der Waals surface area contributed by atoms with Gasteiger partial charge in [-0.25, -0.2) is 4.79 Å². The molecule has 0 saturated carbocycles. The summed E-state index contributed by atoms with van der Waals surface area (Å²) < 4.78 is 5.58. The van der Waals surface area contributed by atoms with Crippen molar-refractivity contribution in [3.05, 3.63) is 70.9 Å². The van der Waals surface area contributed by atoms with Gasteiger partial charge in [0, 0.05) is 30.6 Å². The summed E-state index contributed by atoms with van der Waals surface area (Å²) in [7, 11) is 3.28. The smallest absolute Gasteiger partial charge is 0.355 e. The lowest BCUT2D eigenvalue weighted by Crippen LogP contribution is -2.31. The molecule has 2 aromatic carbocycles. The van der Waals surface area contributed by atoms with E-state index in [1.54, 1.807) is 32.3 Å². The molecule has 1 atom stereocenters. The lowest BCUT2D eigenvalue weighted by molar-refractivity contribution is -0.138. The molecule has 0 aliphatic rings. The number of esters is 1. The predicted octanol–water partition coefficient (Wildman–Crippen LogP) is 3.77. The monoisotopic (exact) mass is 350 g/mol. The van der Waals surface area contributed by atoms with Crippen molar-refractivity contribution in [2.45, 2.75) is 20.0 Å². The zero-order valence-corrected chi connectivity index (χ0v) is 15.4. The van der Waals surface area contributed by atoms with E-state index in [2.05, 4.69) is 11.1 Å². The van der Waals surface area contributed by atoms with Gasteiger partial charge in [0.05, 0.1) is 0 Å². The standard InChI is InChI=1S/C21H22N2O3/c1-13-10-14(2)16-12-18(22-17(16)11-13)21(25)26-19(20(24)23(3)4)15-8-6-5-7-9-15/h5-12,19,22H,1-4H3. The zero-order valence-electron chi connectivity index (χ0n) is 15.4. The fourth-order valence-electron chi connectivity index (χ4n) is 3.00. The molecule has 3 aromatic rings. The van der Waals surface area contributed by atoms with Crippen molar-refractivity contribution in [3.8, 4) is 0 Å². The van der Waals surface area contributed by atoms with Crippen LogP contribution in [0.4, 0.5) is 0 Å². The fraction of sp³-hybridized carbons (Fsp3) is 0.238. The van der Waals surface area contributed by atoms with Gasteiger partial charge in [-0.05, 0) is 37.1 Å². The van der Waals surface area contributed by atoms with E-state index in [1.807, 2.05) is 38.1 Å². The maximum Gasteiger partial charge on any atom is 0.355 e. The zero-order chi connectivity index (χ0) is 18.8. The number of likely N-dealkylation sites (N-methyl/N-ethyl adjacent to an activating group) is 1. The van der Waals surface area contributed by atoms with Gasteiger partial charge in [-0.3, -0.25) is 4.79 Å². The minimum absolute atomic E-state index is 0.285. The third-order valence-electron chi connectivity index (χ3n) is 4.30. The number of aromatic nitrogens is 1. The number of benzene rings is 2. The van der Waals surface area contributed by atoms with Crippen molar-refractivity contribution in [1.29, 1.82) is 0 Å². The highest BCUT2D eigenvalue weighted by Crippen LogP contribution is 2.25. The lowest BCUT2D eigenvalue weighted by Gasteiger charge is -2.20. The average Bonchev–Trinajstić information content (AvgIpc) is 3.04. The van der Waals surface area contributed by atoms with Gasteiger partial charge >= 0.3 is 5.97 Å². The number of hydrogen-bond donors (Lipinski definition) is 1. The van der Waals surface area contributed by atoms with E-state index in [0.29, 0.717) is 11.3 Å². The van der Waals surface area contributed by atoms with Crippen molar-refractivity contribution in [2.75, 3.05) is 14.1 Å². The Bertz CT molecular complexity index is 958. The molecule has 0 spiro atoms. The average molecular weight is 350 g/mol. The fourth-order valence-corrected chi connectivity index (χ4v) is 3.00. The first-order valence-electron chi connectivity index (χ1n) is 8.44. The number of rotatable bonds is 4. The Labute approximate surface area is 152 Å². The molecule has 5 heteroatoms. The molecule has 0 saturated heterocycles. The number of H-pyrrole nitrogens is 1. The summed E-state index contributed by atoms with van der Waals surface area (Å²) >= 11 is 0. The molecule has 0 bridgehead atoms. The van der Waals surface area contributed by atoms with Gasteiger partial charge in [-0.15, -0.1) is 0 Å². The van der Waals surface area contributed by atoms with E-state index in [0.717, 1.165) is 22.0 Å². The highest BCUT2D eigenvalue weighted by molar-refractivity contribution is 5.97. The first-order chi connectivity index (χ1) is 12.4. The lowest BCUT2D eigenvalue weighted by atomic mass is 10.1. The molecule has 3 rings (SSSR count). The number of ether oxygens (including phenoxy) is 1. The van der Waals surface area contributed by atoms with Crippen LogP contribution in [0.3, 0.4) is 0 Å². The molecule has 0 radical (unpaired) electrons. The number of aromatic amines is 1. The Hall–Kier alpha value is -3.08. The minimum Gasteiger partial charge on any atom is -0.443 e. The third kappa shape index (κ3) is 3.47. The summed E-state index contributed by atoms with van der Waals surface area (Å²) in [6, 6.07) is 14.9. The highest BCUT2D eigenvalue weighted by Gasteiger charge is 2.27. The Kier molecular flexibility index (Phi) is 4.80. The molecule has 1 N–H and O–H groups in total. The van der Waals surface area contributed by atoms with Gasteiger partial charge in [0.25, 0.3) is 5.91 Å². The first-order valence-corrected chi connectivity index (χ1v) is 8.44. The van der Waals surface area contributed by atoms with Gasteiger partial charge in [0.1, 0.15) is 5.69 Å². The van der Waals surface area contributed by atoms with Gasteiger partial charge in [0.15, 0.2) is 0 Å². The van der Waals surface area contributed by atoms with Crippen molar-refractivity contribution in [2.24, 2.45) is 0 Å². The molecule has 0 fully saturated rings. The van der Waals surface area contributed by atoms with E-state index in [4.69, 9.17) is 4.74 Å². The molecular weight excluding hydrogens is 328 g/mol. The van der Waals surface area contributed by atoms with Crippen LogP contribution in [0, 0.1) is 13.8 Å². The van der Waals surface area contributed by atoms with Crippen LogP contribution in [0.1, 0.15) is 33.3 Å². The summed E-state index contributed by atoms with van der Waals surface area (Å²) in [6.45, 7) is 4.01. The van der Waals surface area contributed by atoms with Crippen LogP contribution >= 0.6 is 0 Å². The number of nitrogens with zero attached hydrogens (tertiary/aromatic N) is 1. The van der Waals surface area contributed by atoms with E-state index in [9.17, 15) is 9.59 Å². The van der Waals surface area contributed by atoms with Crippen LogP contribution in [0.25, 0.3) is 10.9 Å². The molecule has 0 aliphatic heterocycles. The maximum atomic E-state index is 12.7. The van der Waals surface area contributed by atoms with Gasteiger partial charge in [0.2, 0.25) is 6.10 Å². The highest BCUT2D eigenvalue weighted by atomic mass is 16.5. The third-order valence-corrected chi connectivity index (χ3v) is 4.30. The van der Waals surface area contributed by atoms with Crippen LogP contribution in [0.5, 0.6) is 0 Å². The number of nitrogens with one attached hydrogen (secondary N) is 1. The SMILES string of the molecule is Cc1cc(C)c2cc(C(=O)OC(C(=O)N(C)C)c3ccccc3)[nH]c2c1. The van der Waals surface area contributed by atoms with Crippen LogP contribution < -0.4 is 0 Å². The Morgan fingerprint density at radius 1 is 1.04 bits per heavy atom. The molecular formula is C21H22N2O3. The molecule has 5 nitrogen and oxygen atoms in total. The number of amides is 1. The van der Waals surface area contributed by atoms with Crippen molar-refractivity contribution < 1.29 is 14.3 Å². The van der Waals surface area contributed by atoms with Crippen LogP contribution in [-0.4, -0.2) is 35.9 Å². The van der Waals surface area contributed by atoms with Crippen molar-refractivity contribution in [3.63, 3.8) is 0 Å².